The summed E-state index contributed by atoms with van der Waals surface area (Å²) >= 11 is 0. The van der Waals surface area contributed by atoms with E-state index in [0.717, 1.165) is 11.1 Å². The monoisotopic (exact) mass is 426 g/mol. The van der Waals surface area contributed by atoms with Gasteiger partial charge in [-0.15, -0.1) is 0 Å². The van der Waals surface area contributed by atoms with Crippen molar-refractivity contribution in [3.63, 3.8) is 0 Å². The third-order valence-corrected chi connectivity index (χ3v) is 5.90. The van der Waals surface area contributed by atoms with Crippen LogP contribution in [0.15, 0.2) is 77.7 Å². The molecule has 3 aromatic carbocycles. The number of ether oxygens (including phenoxy) is 3. The Morgan fingerprint density at radius 2 is 1.73 bits per heavy atom. The zero-order chi connectivity index (χ0) is 21.0. The Morgan fingerprint density at radius 3 is 2.50 bits per heavy atom. The van der Waals surface area contributed by atoms with Crippen LogP contribution in [0, 0.1) is 6.92 Å². The minimum atomic E-state index is -3.86. The zero-order valence-electron chi connectivity index (χ0n) is 16.5. The van der Waals surface area contributed by atoms with Gasteiger partial charge in [0.1, 0.15) is 25.6 Å². The van der Waals surface area contributed by atoms with E-state index in [0.29, 0.717) is 23.9 Å². The summed E-state index contributed by atoms with van der Waals surface area (Å²) in [5.41, 5.74) is 2.03. The Bertz CT molecular complexity index is 1090. The molecule has 30 heavy (non-hydrogen) atoms. The fourth-order valence-electron chi connectivity index (χ4n) is 2.95. The molecule has 0 aliphatic carbocycles. The van der Waals surface area contributed by atoms with Crippen LogP contribution < -0.4 is 14.2 Å². The second-order valence-electron chi connectivity index (χ2n) is 6.99. The maximum Gasteiger partial charge on any atom is 0.297 e. The van der Waals surface area contributed by atoms with Gasteiger partial charge in [-0.1, -0.05) is 48.0 Å². The lowest BCUT2D eigenvalue weighted by Crippen LogP contribution is -2.34. The van der Waals surface area contributed by atoms with Gasteiger partial charge in [0, 0.05) is 6.07 Å². The summed E-state index contributed by atoms with van der Waals surface area (Å²) < 4.78 is 47.3. The predicted molar refractivity (Wildman–Crippen MR) is 111 cm³/mol. The molecule has 156 valence electrons. The second-order valence-corrected chi connectivity index (χ2v) is 8.60. The molecular weight excluding hydrogens is 404 g/mol. The molecule has 0 aromatic heterocycles. The summed E-state index contributed by atoms with van der Waals surface area (Å²) in [5.74, 6) is 1.71. The first-order valence-electron chi connectivity index (χ1n) is 9.56. The molecule has 0 bridgehead atoms. The molecule has 3 aromatic rings. The second kappa shape index (κ2) is 8.77. The van der Waals surface area contributed by atoms with Crippen molar-refractivity contribution in [2.75, 3.05) is 13.2 Å². The third-order valence-electron chi connectivity index (χ3n) is 4.60. The molecule has 0 spiro atoms. The number of fused-ring (bicyclic) bond motifs is 1. The van der Waals surface area contributed by atoms with Crippen LogP contribution in [-0.4, -0.2) is 27.7 Å². The van der Waals surface area contributed by atoms with Crippen molar-refractivity contribution in [1.29, 1.82) is 0 Å². The third kappa shape index (κ3) is 4.93. The lowest BCUT2D eigenvalue weighted by Gasteiger charge is -2.26. The predicted octanol–water partition coefficient (Wildman–Crippen LogP) is 4.12. The molecule has 1 unspecified atom stereocenters. The van der Waals surface area contributed by atoms with Crippen molar-refractivity contribution in [2.45, 2.75) is 24.5 Å². The molecule has 1 aliphatic rings. The Labute approximate surface area is 176 Å². The highest BCUT2D eigenvalue weighted by molar-refractivity contribution is 7.86. The quantitative estimate of drug-likeness (QED) is 0.530. The van der Waals surface area contributed by atoms with E-state index in [-0.39, 0.29) is 18.1 Å². The zero-order valence-corrected chi connectivity index (χ0v) is 17.3. The Balaban J connectivity index is 1.37. The lowest BCUT2D eigenvalue weighted by molar-refractivity contribution is 0.0551. The van der Waals surface area contributed by atoms with Crippen LogP contribution >= 0.6 is 0 Å². The minimum Gasteiger partial charge on any atom is -0.489 e. The normalized spacial score (nSPS) is 15.6. The van der Waals surface area contributed by atoms with E-state index in [1.54, 1.807) is 24.3 Å². The molecule has 0 saturated carbocycles. The molecule has 7 heteroatoms. The number of aryl methyl sites for hydroxylation is 1. The summed E-state index contributed by atoms with van der Waals surface area (Å²) in [6.07, 6.45) is -0.554. The average molecular weight is 426 g/mol. The van der Waals surface area contributed by atoms with Crippen LogP contribution in [0.4, 0.5) is 0 Å². The van der Waals surface area contributed by atoms with Gasteiger partial charge >= 0.3 is 0 Å². The smallest absolute Gasteiger partial charge is 0.297 e. The Hall–Kier alpha value is -3.03. The van der Waals surface area contributed by atoms with Crippen molar-refractivity contribution < 1.29 is 26.8 Å². The largest absolute Gasteiger partial charge is 0.489 e. The molecular formula is C23H22O6S. The van der Waals surface area contributed by atoms with E-state index in [4.69, 9.17) is 18.4 Å². The molecule has 0 saturated heterocycles. The molecule has 0 radical (unpaired) electrons. The summed E-state index contributed by atoms with van der Waals surface area (Å²) in [6, 6.07) is 21.7. The van der Waals surface area contributed by atoms with Crippen LogP contribution in [0.5, 0.6) is 17.2 Å². The van der Waals surface area contributed by atoms with E-state index in [1.807, 2.05) is 43.3 Å². The van der Waals surface area contributed by atoms with Gasteiger partial charge < -0.3 is 14.2 Å². The van der Waals surface area contributed by atoms with Crippen molar-refractivity contribution in [2.24, 2.45) is 0 Å². The van der Waals surface area contributed by atoms with E-state index in [1.165, 1.54) is 12.1 Å². The first-order valence-corrected chi connectivity index (χ1v) is 11.0. The first-order chi connectivity index (χ1) is 14.5. The van der Waals surface area contributed by atoms with E-state index in [9.17, 15) is 8.42 Å². The SMILES string of the molecule is Cc1ccc(S(=O)(=O)OCC2COc3ccc(OCc4ccccc4)cc3O2)cc1. The first kappa shape index (κ1) is 20.3. The highest BCUT2D eigenvalue weighted by Gasteiger charge is 2.25. The van der Waals surface area contributed by atoms with Crippen LogP contribution in [-0.2, 0) is 20.9 Å². The molecule has 6 nitrogen and oxygen atoms in total. The fraction of sp³-hybridized carbons (Fsp3) is 0.217. The fourth-order valence-corrected chi connectivity index (χ4v) is 3.88. The highest BCUT2D eigenvalue weighted by Crippen LogP contribution is 2.35. The van der Waals surface area contributed by atoms with Crippen molar-refractivity contribution in [3.8, 4) is 17.2 Å². The van der Waals surface area contributed by atoms with Crippen LogP contribution in [0.2, 0.25) is 0 Å². The summed E-state index contributed by atoms with van der Waals surface area (Å²) in [7, 11) is -3.86. The van der Waals surface area contributed by atoms with Crippen LogP contribution in [0.3, 0.4) is 0 Å². The van der Waals surface area contributed by atoms with Gasteiger partial charge in [0.05, 0.1) is 4.90 Å². The molecule has 1 heterocycles. The minimum absolute atomic E-state index is 0.113. The van der Waals surface area contributed by atoms with Crippen LogP contribution in [0.1, 0.15) is 11.1 Å². The topological polar surface area (TPSA) is 71.1 Å². The maximum atomic E-state index is 12.4. The number of hydrogen-bond donors (Lipinski definition) is 0. The molecule has 0 fully saturated rings. The molecule has 1 atom stereocenters. The van der Waals surface area contributed by atoms with Gasteiger partial charge in [-0.3, -0.25) is 4.18 Å². The highest BCUT2D eigenvalue weighted by atomic mass is 32.2. The standard InChI is InChI=1S/C23H22O6S/c1-17-7-10-21(11-8-17)30(24,25)28-16-20-15-27-22-12-9-19(13-23(22)29-20)26-14-18-5-3-2-4-6-18/h2-13,20H,14-16H2,1H3. The molecule has 0 N–H and O–H groups in total. The van der Waals surface area contributed by atoms with Gasteiger partial charge in [-0.2, -0.15) is 8.42 Å². The van der Waals surface area contributed by atoms with Crippen molar-refractivity contribution in [1.82, 2.24) is 0 Å². The summed E-state index contributed by atoms with van der Waals surface area (Å²) in [6.45, 7) is 2.37. The van der Waals surface area contributed by atoms with E-state index >= 15 is 0 Å². The number of benzene rings is 3. The average Bonchev–Trinajstić information content (AvgIpc) is 2.77. The van der Waals surface area contributed by atoms with Crippen molar-refractivity contribution >= 4 is 10.1 Å². The van der Waals surface area contributed by atoms with Gasteiger partial charge in [0.25, 0.3) is 10.1 Å². The Morgan fingerprint density at radius 1 is 0.967 bits per heavy atom. The lowest BCUT2D eigenvalue weighted by atomic mass is 10.2. The van der Waals surface area contributed by atoms with Crippen molar-refractivity contribution in [3.05, 3.63) is 83.9 Å². The maximum absolute atomic E-state index is 12.4. The molecule has 1 aliphatic heterocycles. The summed E-state index contributed by atoms with van der Waals surface area (Å²) in [5, 5.41) is 0. The van der Waals surface area contributed by atoms with Gasteiger partial charge in [0.15, 0.2) is 17.6 Å². The molecule has 4 rings (SSSR count). The van der Waals surface area contributed by atoms with E-state index < -0.39 is 16.2 Å². The summed E-state index contributed by atoms with van der Waals surface area (Å²) in [4.78, 5) is 0.113. The van der Waals surface area contributed by atoms with E-state index in [2.05, 4.69) is 0 Å². The number of rotatable bonds is 7. The van der Waals surface area contributed by atoms with Gasteiger partial charge in [0.2, 0.25) is 0 Å². The van der Waals surface area contributed by atoms with Crippen LogP contribution in [0.25, 0.3) is 0 Å². The van der Waals surface area contributed by atoms with Gasteiger partial charge in [-0.05, 0) is 36.8 Å². The Kier molecular flexibility index (Phi) is 5.92. The number of hydrogen-bond acceptors (Lipinski definition) is 6. The molecule has 0 amide bonds. The van der Waals surface area contributed by atoms with Gasteiger partial charge in [-0.25, -0.2) is 0 Å².